The average molecular weight is 481 g/mol. The molecule has 34 heavy (non-hydrogen) atoms. The van der Waals surface area contributed by atoms with Gasteiger partial charge in [-0.15, -0.1) is 0 Å². The lowest BCUT2D eigenvalue weighted by Crippen LogP contribution is -2.52. The van der Waals surface area contributed by atoms with Crippen molar-refractivity contribution in [2.45, 2.75) is 43.2 Å². The number of likely N-dealkylation sites (tertiary alicyclic amines) is 1. The second kappa shape index (κ2) is 9.32. The maximum Gasteiger partial charge on any atom is 0.319 e. The molecule has 184 valence electrons. The first-order chi connectivity index (χ1) is 16.2. The Bertz CT molecular complexity index is 1080. The molecule has 2 amide bonds. The Labute approximate surface area is 195 Å². The van der Waals surface area contributed by atoms with Crippen LogP contribution >= 0.6 is 0 Å². The smallest absolute Gasteiger partial charge is 0.319 e. The normalized spacial score (nSPS) is 24.4. The van der Waals surface area contributed by atoms with Gasteiger partial charge in [0.05, 0.1) is 14.2 Å². The summed E-state index contributed by atoms with van der Waals surface area (Å²) in [6.07, 6.45) is 2.52. The highest BCUT2D eigenvalue weighted by atomic mass is 19.2. The van der Waals surface area contributed by atoms with Crippen molar-refractivity contribution >= 4 is 11.7 Å². The van der Waals surface area contributed by atoms with E-state index < -0.39 is 34.7 Å². The summed E-state index contributed by atoms with van der Waals surface area (Å²) in [5, 5.41) is 5.17. The largest absolute Gasteiger partial charge is 0.493 e. The predicted octanol–water partition coefficient (Wildman–Crippen LogP) is 4.58. The Balaban J connectivity index is 1.51. The third-order valence-electron chi connectivity index (χ3n) is 7.13. The number of urea groups is 1. The van der Waals surface area contributed by atoms with Crippen LogP contribution in [0.2, 0.25) is 0 Å². The molecule has 2 aromatic rings. The number of ether oxygens (including phenoxy) is 2. The molecule has 4 rings (SSSR count). The Morgan fingerprint density at radius 3 is 2.41 bits per heavy atom. The number of rotatable bonds is 5. The SMILES string of the molecule is COc1ccc([C@@]23CC[C@@H](NC(=O)Nc4cc(F)c(F)c(F)c4)C[C@@H]2N(C)CC3)c(F)c1OC. The summed E-state index contributed by atoms with van der Waals surface area (Å²) in [5.41, 5.74) is -0.0694. The van der Waals surface area contributed by atoms with Gasteiger partial charge in [0.1, 0.15) is 0 Å². The second-order valence-electron chi connectivity index (χ2n) is 8.89. The quantitative estimate of drug-likeness (QED) is 0.485. The van der Waals surface area contributed by atoms with Crippen LogP contribution in [0.25, 0.3) is 0 Å². The van der Waals surface area contributed by atoms with Gasteiger partial charge in [0.25, 0.3) is 0 Å². The molecular formula is C24H27F4N3O3. The molecule has 0 bridgehead atoms. The molecule has 6 nitrogen and oxygen atoms in total. The van der Waals surface area contributed by atoms with E-state index in [1.54, 1.807) is 12.1 Å². The maximum atomic E-state index is 15.5. The lowest BCUT2D eigenvalue weighted by molar-refractivity contribution is 0.152. The van der Waals surface area contributed by atoms with Crippen molar-refractivity contribution in [3.63, 3.8) is 0 Å². The Morgan fingerprint density at radius 1 is 1.06 bits per heavy atom. The lowest BCUT2D eigenvalue weighted by Gasteiger charge is -2.45. The van der Waals surface area contributed by atoms with E-state index in [2.05, 4.69) is 15.5 Å². The molecule has 0 aromatic heterocycles. The number of halogens is 4. The summed E-state index contributed by atoms with van der Waals surface area (Å²) < 4.78 is 66.0. The van der Waals surface area contributed by atoms with E-state index in [-0.39, 0.29) is 23.5 Å². The highest BCUT2D eigenvalue weighted by molar-refractivity contribution is 5.89. The number of hydrogen-bond donors (Lipinski definition) is 2. The topological polar surface area (TPSA) is 62.8 Å². The monoisotopic (exact) mass is 481 g/mol. The van der Waals surface area contributed by atoms with Gasteiger partial charge in [-0.1, -0.05) is 6.07 Å². The molecule has 0 unspecified atom stereocenters. The molecule has 1 saturated carbocycles. The fraction of sp³-hybridized carbons (Fsp3) is 0.458. The molecule has 1 saturated heterocycles. The van der Waals surface area contributed by atoms with E-state index >= 15 is 4.39 Å². The van der Waals surface area contributed by atoms with Gasteiger partial charge in [0, 0.05) is 35.3 Å². The van der Waals surface area contributed by atoms with E-state index in [0.717, 1.165) is 13.0 Å². The fourth-order valence-corrected chi connectivity index (χ4v) is 5.47. The minimum Gasteiger partial charge on any atom is -0.493 e. The number of amides is 2. The number of fused-ring (bicyclic) bond motifs is 1. The van der Waals surface area contributed by atoms with Crippen molar-refractivity contribution in [1.29, 1.82) is 0 Å². The number of carbonyl (C=O) groups excluding carboxylic acids is 1. The third kappa shape index (κ3) is 4.15. The fourth-order valence-electron chi connectivity index (χ4n) is 5.47. The highest BCUT2D eigenvalue weighted by Gasteiger charge is 2.52. The summed E-state index contributed by atoms with van der Waals surface area (Å²) in [6.45, 7) is 0.769. The van der Waals surface area contributed by atoms with Gasteiger partial charge in [-0.25, -0.2) is 22.4 Å². The second-order valence-corrected chi connectivity index (χ2v) is 8.89. The number of likely N-dealkylation sites (N-methyl/N-ethyl adjacent to an activating group) is 1. The standard InChI is InChI=1S/C24H27F4N3O3/c1-31-9-8-24(15-4-5-18(33-2)22(34-3)20(15)27)7-6-13(12-19(24)31)29-23(32)30-14-10-16(25)21(28)17(26)11-14/h4-5,10-11,13,19H,6-9,12H2,1-3H3,(H2,29,30,32)/t13-,19+,24+/m1/s1. The van der Waals surface area contributed by atoms with Crippen LogP contribution in [-0.2, 0) is 5.41 Å². The molecule has 3 atom stereocenters. The Morgan fingerprint density at radius 2 is 1.76 bits per heavy atom. The van der Waals surface area contributed by atoms with Gasteiger partial charge in [0.2, 0.25) is 0 Å². The van der Waals surface area contributed by atoms with Gasteiger partial charge in [0.15, 0.2) is 34.8 Å². The molecule has 2 N–H and O–H groups in total. The van der Waals surface area contributed by atoms with Crippen LogP contribution < -0.4 is 20.1 Å². The van der Waals surface area contributed by atoms with E-state index in [1.165, 1.54) is 14.2 Å². The molecule has 1 aliphatic heterocycles. The lowest BCUT2D eigenvalue weighted by atomic mass is 9.65. The highest BCUT2D eigenvalue weighted by Crippen LogP contribution is 2.51. The summed E-state index contributed by atoms with van der Waals surface area (Å²) in [6, 6.07) is 3.96. The van der Waals surface area contributed by atoms with Crippen LogP contribution in [0.1, 0.15) is 31.2 Å². The molecular weight excluding hydrogens is 454 g/mol. The first-order valence-corrected chi connectivity index (χ1v) is 11.0. The first-order valence-electron chi connectivity index (χ1n) is 11.0. The summed E-state index contributed by atoms with van der Waals surface area (Å²) in [4.78, 5) is 14.6. The molecule has 1 heterocycles. The summed E-state index contributed by atoms with van der Waals surface area (Å²) in [5.74, 6) is -4.41. The van der Waals surface area contributed by atoms with Gasteiger partial charge in [-0.3, -0.25) is 0 Å². The van der Waals surface area contributed by atoms with Crippen molar-refractivity contribution in [2.75, 3.05) is 33.1 Å². The van der Waals surface area contributed by atoms with Gasteiger partial charge >= 0.3 is 6.03 Å². The first kappa shape index (κ1) is 24.1. The van der Waals surface area contributed by atoms with E-state index in [1.807, 2.05) is 7.05 Å². The number of nitrogens with one attached hydrogen (secondary N) is 2. The van der Waals surface area contributed by atoms with Crippen LogP contribution in [0.5, 0.6) is 11.5 Å². The average Bonchev–Trinajstić information content (AvgIpc) is 3.13. The van der Waals surface area contributed by atoms with Gasteiger partial charge in [-0.05, 0) is 50.9 Å². The van der Waals surface area contributed by atoms with Crippen molar-refractivity contribution in [2.24, 2.45) is 0 Å². The molecule has 0 spiro atoms. The van der Waals surface area contributed by atoms with Gasteiger partial charge < -0.3 is 25.0 Å². The zero-order chi connectivity index (χ0) is 24.6. The predicted molar refractivity (Wildman–Crippen MR) is 118 cm³/mol. The van der Waals surface area contributed by atoms with Crippen LogP contribution in [0, 0.1) is 23.3 Å². The zero-order valence-electron chi connectivity index (χ0n) is 19.2. The van der Waals surface area contributed by atoms with Crippen LogP contribution in [0.4, 0.5) is 28.0 Å². The zero-order valence-corrected chi connectivity index (χ0v) is 19.2. The maximum absolute atomic E-state index is 15.5. The van der Waals surface area contributed by atoms with Crippen molar-refractivity contribution in [3.8, 4) is 11.5 Å². The van der Waals surface area contributed by atoms with E-state index in [0.29, 0.717) is 42.7 Å². The number of anilines is 1. The minimum atomic E-state index is -1.60. The van der Waals surface area contributed by atoms with Crippen molar-refractivity contribution < 1.29 is 31.8 Å². The molecule has 0 radical (unpaired) electrons. The van der Waals surface area contributed by atoms with Gasteiger partial charge in [-0.2, -0.15) is 0 Å². The Kier molecular flexibility index (Phi) is 6.62. The molecule has 2 fully saturated rings. The minimum absolute atomic E-state index is 0.0418. The van der Waals surface area contributed by atoms with Crippen molar-refractivity contribution in [3.05, 3.63) is 53.1 Å². The molecule has 2 aliphatic rings. The van der Waals surface area contributed by atoms with E-state index in [4.69, 9.17) is 9.47 Å². The number of hydrogen-bond acceptors (Lipinski definition) is 4. The Hall–Kier alpha value is -3.01. The number of carbonyl (C=O) groups is 1. The third-order valence-corrected chi connectivity index (χ3v) is 7.13. The number of benzene rings is 2. The summed E-state index contributed by atoms with van der Waals surface area (Å²) >= 11 is 0. The number of methoxy groups -OCH3 is 2. The molecule has 10 heteroatoms. The van der Waals surface area contributed by atoms with Crippen LogP contribution in [0.15, 0.2) is 24.3 Å². The van der Waals surface area contributed by atoms with Crippen molar-refractivity contribution in [1.82, 2.24) is 10.2 Å². The summed E-state index contributed by atoms with van der Waals surface area (Å²) in [7, 11) is 4.83. The number of nitrogens with zero attached hydrogens (tertiary/aromatic N) is 1. The van der Waals surface area contributed by atoms with Crippen LogP contribution in [0.3, 0.4) is 0 Å². The molecule has 2 aromatic carbocycles. The van der Waals surface area contributed by atoms with Crippen LogP contribution in [-0.4, -0.2) is 50.8 Å². The molecule has 1 aliphatic carbocycles. The van der Waals surface area contributed by atoms with E-state index in [9.17, 15) is 18.0 Å².